The summed E-state index contributed by atoms with van der Waals surface area (Å²) in [5, 5.41) is 0.978. The number of sulfonamides is 1. The number of ether oxygens (including phenoxy) is 1. The van der Waals surface area contributed by atoms with Gasteiger partial charge < -0.3 is 9.64 Å². The first-order valence-electron chi connectivity index (χ1n) is 11.1. The zero-order valence-electron chi connectivity index (χ0n) is 19.4. The van der Waals surface area contributed by atoms with Gasteiger partial charge in [0.05, 0.1) is 0 Å². The highest BCUT2D eigenvalue weighted by Crippen LogP contribution is 2.13. The van der Waals surface area contributed by atoms with Crippen LogP contribution in [0.15, 0.2) is 96.4 Å². The van der Waals surface area contributed by atoms with Crippen LogP contribution in [0.4, 0.5) is 0 Å². The highest BCUT2D eigenvalue weighted by Gasteiger charge is 2.25. The van der Waals surface area contributed by atoms with E-state index in [4.69, 9.17) is 4.74 Å². The second-order valence-corrected chi connectivity index (χ2v) is 9.53. The van der Waals surface area contributed by atoms with Gasteiger partial charge in [-0.15, -0.1) is 0 Å². The van der Waals surface area contributed by atoms with Gasteiger partial charge in [0.2, 0.25) is 10.0 Å². The number of rotatable bonds is 11. The van der Waals surface area contributed by atoms with Crippen LogP contribution in [-0.2, 0) is 37.4 Å². The number of benzene rings is 3. The molecule has 0 aliphatic rings. The Kier molecular flexibility index (Phi) is 9.34. The Balaban J connectivity index is 1.59. The molecule has 0 saturated carbocycles. The number of hydrogen-bond acceptors (Lipinski definition) is 5. The highest BCUT2D eigenvalue weighted by molar-refractivity contribution is 7.92. The summed E-state index contributed by atoms with van der Waals surface area (Å²) in [6, 6.07) is 27.9. The van der Waals surface area contributed by atoms with E-state index in [1.807, 2.05) is 66.7 Å². The third-order valence-electron chi connectivity index (χ3n) is 5.06. The van der Waals surface area contributed by atoms with Crippen LogP contribution >= 0.6 is 0 Å². The van der Waals surface area contributed by atoms with Crippen molar-refractivity contribution >= 4 is 28.0 Å². The van der Waals surface area contributed by atoms with Crippen LogP contribution in [0, 0.1) is 0 Å². The first kappa shape index (κ1) is 25.9. The fourth-order valence-electron chi connectivity index (χ4n) is 3.31. The molecule has 1 N–H and O–H groups in total. The molecule has 8 heteroatoms. The molecule has 0 radical (unpaired) electrons. The minimum atomic E-state index is -3.86. The molecule has 3 aromatic carbocycles. The number of nitrogens with zero attached hydrogens (tertiary/aromatic N) is 1. The summed E-state index contributed by atoms with van der Waals surface area (Å²) in [5.74, 6) is -1.22. The number of amides is 1. The molecule has 1 amide bonds. The first-order valence-corrected chi connectivity index (χ1v) is 12.7. The molecule has 0 saturated heterocycles. The van der Waals surface area contributed by atoms with Gasteiger partial charge in [-0.2, -0.15) is 0 Å². The molecule has 0 fully saturated rings. The predicted molar refractivity (Wildman–Crippen MR) is 135 cm³/mol. The van der Waals surface area contributed by atoms with Gasteiger partial charge >= 0.3 is 5.97 Å². The van der Waals surface area contributed by atoms with E-state index < -0.39 is 28.6 Å². The van der Waals surface area contributed by atoms with Crippen LogP contribution < -0.4 is 4.72 Å². The molecular formula is C27H28N2O5S. The molecule has 182 valence electrons. The Bertz CT molecular complexity index is 1190. The molecule has 35 heavy (non-hydrogen) atoms. The number of carbonyl (C=O) groups excluding carboxylic acids is 2. The van der Waals surface area contributed by atoms with E-state index in [2.05, 4.69) is 4.72 Å². The summed E-state index contributed by atoms with van der Waals surface area (Å²) in [7, 11) is -3.86. The lowest BCUT2D eigenvalue weighted by Gasteiger charge is -2.26. The van der Waals surface area contributed by atoms with Crippen molar-refractivity contribution < 1.29 is 22.7 Å². The molecule has 0 aliphatic heterocycles. The van der Waals surface area contributed by atoms with Crippen molar-refractivity contribution in [3.63, 3.8) is 0 Å². The van der Waals surface area contributed by atoms with Crippen LogP contribution in [0.1, 0.15) is 23.6 Å². The van der Waals surface area contributed by atoms with Crippen LogP contribution in [0.2, 0.25) is 0 Å². The summed E-state index contributed by atoms with van der Waals surface area (Å²) >= 11 is 0. The average Bonchev–Trinajstić information content (AvgIpc) is 2.87. The standard InChI is InChI=1S/C27H28N2O5S/c1-22(34-26(30)19-28-35(32,33)18-17-23-11-5-2-6-12-23)27(31)29(20-24-13-7-3-8-14-24)21-25-15-9-4-10-16-25/h2-18,22,28H,19-21H2,1H3/b18-17+. The Morgan fingerprint density at radius 1 is 0.857 bits per heavy atom. The number of esters is 1. The Labute approximate surface area is 206 Å². The lowest BCUT2D eigenvalue weighted by molar-refractivity contribution is -0.158. The molecule has 0 heterocycles. The maximum atomic E-state index is 13.1. The van der Waals surface area contributed by atoms with E-state index in [0.29, 0.717) is 18.7 Å². The van der Waals surface area contributed by atoms with E-state index in [1.165, 1.54) is 13.0 Å². The van der Waals surface area contributed by atoms with Crippen LogP contribution in [0.5, 0.6) is 0 Å². The van der Waals surface area contributed by atoms with Crippen molar-refractivity contribution in [1.82, 2.24) is 9.62 Å². The van der Waals surface area contributed by atoms with Gasteiger partial charge in [0, 0.05) is 18.5 Å². The van der Waals surface area contributed by atoms with E-state index in [1.54, 1.807) is 29.2 Å². The smallest absolute Gasteiger partial charge is 0.321 e. The molecule has 1 unspecified atom stereocenters. The zero-order valence-corrected chi connectivity index (χ0v) is 20.2. The van der Waals surface area contributed by atoms with E-state index >= 15 is 0 Å². The molecule has 0 spiro atoms. The van der Waals surface area contributed by atoms with Crippen molar-refractivity contribution in [1.29, 1.82) is 0 Å². The average molecular weight is 493 g/mol. The summed E-state index contributed by atoms with van der Waals surface area (Å²) in [5.41, 5.74) is 2.58. The maximum absolute atomic E-state index is 13.1. The Hall–Kier alpha value is -3.75. The minimum absolute atomic E-state index is 0.341. The number of carbonyl (C=O) groups is 2. The van der Waals surface area contributed by atoms with E-state index in [9.17, 15) is 18.0 Å². The molecule has 0 aliphatic carbocycles. The van der Waals surface area contributed by atoms with Gasteiger partial charge in [-0.05, 0) is 29.7 Å². The molecule has 3 rings (SSSR count). The normalized spacial score (nSPS) is 12.3. The molecular weight excluding hydrogens is 464 g/mol. The number of hydrogen-bond donors (Lipinski definition) is 1. The topological polar surface area (TPSA) is 92.8 Å². The SMILES string of the molecule is CC(OC(=O)CNS(=O)(=O)/C=C/c1ccccc1)C(=O)N(Cc1ccccc1)Cc1ccccc1. The van der Waals surface area contributed by atoms with Crippen molar-refractivity contribution in [2.45, 2.75) is 26.1 Å². The van der Waals surface area contributed by atoms with Crippen LogP contribution in [0.25, 0.3) is 6.08 Å². The maximum Gasteiger partial charge on any atom is 0.321 e. The minimum Gasteiger partial charge on any atom is -0.452 e. The molecule has 7 nitrogen and oxygen atoms in total. The van der Waals surface area contributed by atoms with Gasteiger partial charge in [-0.1, -0.05) is 91.0 Å². The van der Waals surface area contributed by atoms with Crippen molar-refractivity contribution in [2.75, 3.05) is 6.54 Å². The zero-order chi connectivity index (χ0) is 25.1. The molecule has 1 atom stereocenters. The Morgan fingerprint density at radius 2 is 1.34 bits per heavy atom. The molecule has 0 bridgehead atoms. The van der Waals surface area contributed by atoms with Crippen LogP contribution in [-0.4, -0.2) is 37.8 Å². The monoisotopic (exact) mass is 492 g/mol. The van der Waals surface area contributed by atoms with E-state index in [0.717, 1.165) is 16.5 Å². The lowest BCUT2D eigenvalue weighted by atomic mass is 10.1. The summed E-state index contributed by atoms with van der Waals surface area (Å²) in [6.45, 7) is 1.57. The predicted octanol–water partition coefficient (Wildman–Crippen LogP) is 3.74. The fourth-order valence-corrected chi connectivity index (χ4v) is 4.06. The summed E-state index contributed by atoms with van der Waals surface area (Å²) in [4.78, 5) is 27.0. The second-order valence-electron chi connectivity index (χ2n) is 7.88. The lowest BCUT2D eigenvalue weighted by Crippen LogP contribution is -2.40. The Morgan fingerprint density at radius 3 is 1.86 bits per heavy atom. The quantitative estimate of drug-likeness (QED) is 0.412. The fraction of sp³-hybridized carbons (Fsp3) is 0.185. The van der Waals surface area contributed by atoms with Gasteiger partial charge in [0.25, 0.3) is 5.91 Å². The summed E-state index contributed by atoms with van der Waals surface area (Å²) in [6.07, 6.45) is 0.337. The van der Waals surface area contributed by atoms with Gasteiger partial charge in [-0.25, -0.2) is 13.1 Å². The van der Waals surface area contributed by atoms with Crippen LogP contribution in [0.3, 0.4) is 0 Å². The highest BCUT2D eigenvalue weighted by atomic mass is 32.2. The van der Waals surface area contributed by atoms with Crippen molar-refractivity contribution in [3.8, 4) is 0 Å². The second kappa shape index (κ2) is 12.6. The largest absolute Gasteiger partial charge is 0.452 e. The molecule has 3 aromatic rings. The van der Waals surface area contributed by atoms with Gasteiger partial charge in [-0.3, -0.25) is 9.59 Å². The third-order valence-corrected chi connectivity index (χ3v) is 6.10. The first-order chi connectivity index (χ1) is 16.8. The molecule has 0 aromatic heterocycles. The summed E-state index contributed by atoms with van der Waals surface area (Å²) < 4.78 is 31.7. The van der Waals surface area contributed by atoms with Gasteiger partial charge in [0.15, 0.2) is 6.10 Å². The number of nitrogens with one attached hydrogen (secondary N) is 1. The van der Waals surface area contributed by atoms with Crippen molar-refractivity contribution in [3.05, 3.63) is 113 Å². The van der Waals surface area contributed by atoms with Crippen molar-refractivity contribution in [2.24, 2.45) is 0 Å². The van der Waals surface area contributed by atoms with Gasteiger partial charge in [0.1, 0.15) is 6.54 Å². The third kappa shape index (κ3) is 8.84. The van der Waals surface area contributed by atoms with E-state index in [-0.39, 0.29) is 5.91 Å².